The Balaban J connectivity index is 1.93. The molecule has 0 aliphatic rings. The van der Waals surface area contributed by atoms with Crippen LogP contribution in [0.4, 0.5) is 0 Å². The van der Waals surface area contributed by atoms with Gasteiger partial charge in [-0.3, -0.25) is 9.67 Å². The zero-order chi connectivity index (χ0) is 17.7. The summed E-state index contributed by atoms with van der Waals surface area (Å²) in [4.78, 5) is 12.2. The first-order chi connectivity index (χ1) is 11.4. The van der Waals surface area contributed by atoms with Crippen molar-refractivity contribution in [2.45, 2.75) is 26.4 Å². The maximum atomic E-state index is 4.46. The standard InChI is InChI=1S/C16H27N7S/c1-11-15(24-12(2)21-11)9-19-16(17-3)18-8-14(22(4)5)13-7-20-23(6)10-13/h7,10,14H,8-9H2,1-6H3,(H2,17,18,19). The summed E-state index contributed by atoms with van der Waals surface area (Å²) in [7, 11) is 7.86. The highest BCUT2D eigenvalue weighted by atomic mass is 32.1. The molecule has 1 unspecified atom stereocenters. The van der Waals surface area contributed by atoms with E-state index in [0.29, 0.717) is 0 Å². The molecule has 0 amide bonds. The van der Waals surface area contributed by atoms with Gasteiger partial charge in [-0.15, -0.1) is 11.3 Å². The first-order valence-corrected chi connectivity index (χ1v) is 8.74. The van der Waals surface area contributed by atoms with Crippen molar-refractivity contribution >= 4 is 17.3 Å². The van der Waals surface area contributed by atoms with Gasteiger partial charge in [-0.25, -0.2) is 4.98 Å². The van der Waals surface area contributed by atoms with Crippen molar-refractivity contribution in [2.24, 2.45) is 12.0 Å². The second-order valence-corrected chi connectivity index (χ2v) is 7.26. The van der Waals surface area contributed by atoms with Gasteiger partial charge in [0.15, 0.2) is 5.96 Å². The van der Waals surface area contributed by atoms with Crippen molar-refractivity contribution < 1.29 is 0 Å². The van der Waals surface area contributed by atoms with Crippen LogP contribution in [0.25, 0.3) is 0 Å². The third-order valence-electron chi connectivity index (χ3n) is 3.84. The maximum absolute atomic E-state index is 4.46. The van der Waals surface area contributed by atoms with E-state index in [4.69, 9.17) is 0 Å². The van der Waals surface area contributed by atoms with Gasteiger partial charge in [0.05, 0.1) is 29.5 Å². The van der Waals surface area contributed by atoms with Crippen molar-refractivity contribution in [1.29, 1.82) is 0 Å². The van der Waals surface area contributed by atoms with Gasteiger partial charge in [0.25, 0.3) is 0 Å². The van der Waals surface area contributed by atoms with Gasteiger partial charge in [0, 0.05) is 37.3 Å². The minimum absolute atomic E-state index is 0.227. The molecule has 7 nitrogen and oxygen atoms in total. The van der Waals surface area contributed by atoms with Crippen molar-refractivity contribution in [2.75, 3.05) is 27.7 Å². The highest BCUT2D eigenvalue weighted by molar-refractivity contribution is 7.11. The molecule has 0 saturated carbocycles. The summed E-state index contributed by atoms with van der Waals surface area (Å²) < 4.78 is 1.83. The summed E-state index contributed by atoms with van der Waals surface area (Å²) in [6, 6.07) is 0.227. The molecule has 0 bridgehead atoms. The van der Waals surface area contributed by atoms with Crippen molar-refractivity contribution in [1.82, 2.24) is 30.3 Å². The van der Waals surface area contributed by atoms with Gasteiger partial charge in [-0.05, 0) is 27.9 Å². The fraction of sp³-hybridized carbons (Fsp3) is 0.562. The van der Waals surface area contributed by atoms with Crippen molar-refractivity contribution in [3.05, 3.63) is 33.5 Å². The van der Waals surface area contributed by atoms with Crippen LogP contribution in [0.15, 0.2) is 17.4 Å². The summed E-state index contributed by atoms with van der Waals surface area (Å²) in [6.07, 6.45) is 3.96. The largest absolute Gasteiger partial charge is 0.354 e. The minimum Gasteiger partial charge on any atom is -0.354 e. The van der Waals surface area contributed by atoms with Crippen LogP contribution in [0.5, 0.6) is 0 Å². The van der Waals surface area contributed by atoms with E-state index in [9.17, 15) is 0 Å². The number of rotatable bonds is 6. The molecular formula is C16H27N7S. The summed E-state index contributed by atoms with van der Waals surface area (Å²) in [5.74, 6) is 0.788. The summed E-state index contributed by atoms with van der Waals surface area (Å²) in [5.41, 5.74) is 2.27. The van der Waals surface area contributed by atoms with Crippen LogP contribution in [0, 0.1) is 13.8 Å². The lowest BCUT2D eigenvalue weighted by molar-refractivity contribution is 0.298. The molecule has 0 radical (unpaired) electrons. The van der Waals surface area contributed by atoms with E-state index in [1.807, 2.05) is 38.0 Å². The fourth-order valence-electron chi connectivity index (χ4n) is 2.53. The molecule has 2 N–H and O–H groups in total. The number of guanidine groups is 1. The number of aromatic nitrogens is 3. The van der Waals surface area contributed by atoms with E-state index < -0.39 is 0 Å². The smallest absolute Gasteiger partial charge is 0.191 e. The molecule has 0 aliphatic carbocycles. The second kappa shape index (κ2) is 8.25. The minimum atomic E-state index is 0.227. The van der Waals surface area contributed by atoms with Crippen LogP contribution in [0.3, 0.4) is 0 Å². The average Bonchev–Trinajstić information content (AvgIpc) is 3.07. The van der Waals surface area contributed by atoms with Crippen LogP contribution in [-0.4, -0.2) is 53.3 Å². The number of aliphatic imine (C=N–C) groups is 1. The first kappa shape index (κ1) is 18.4. The molecule has 0 fully saturated rings. The van der Waals surface area contributed by atoms with E-state index in [0.717, 1.165) is 29.8 Å². The zero-order valence-corrected chi connectivity index (χ0v) is 16.1. The Kier molecular flexibility index (Phi) is 6.33. The molecule has 2 aromatic heterocycles. The van der Waals surface area contributed by atoms with Crippen LogP contribution >= 0.6 is 11.3 Å². The Morgan fingerprint density at radius 3 is 2.62 bits per heavy atom. The van der Waals surface area contributed by atoms with Gasteiger partial charge in [-0.2, -0.15) is 5.10 Å². The van der Waals surface area contributed by atoms with Gasteiger partial charge in [0.1, 0.15) is 0 Å². The molecule has 0 saturated heterocycles. The van der Waals surface area contributed by atoms with Crippen LogP contribution < -0.4 is 10.6 Å². The molecule has 1 atom stereocenters. The fourth-order valence-corrected chi connectivity index (χ4v) is 3.40. The number of hydrogen-bond acceptors (Lipinski definition) is 5. The molecular weight excluding hydrogens is 322 g/mol. The Bertz CT molecular complexity index is 686. The van der Waals surface area contributed by atoms with Crippen LogP contribution in [0.2, 0.25) is 0 Å². The lowest BCUT2D eigenvalue weighted by atomic mass is 10.1. The van der Waals surface area contributed by atoms with Gasteiger partial charge in [0.2, 0.25) is 0 Å². The van der Waals surface area contributed by atoms with Gasteiger partial charge < -0.3 is 15.5 Å². The first-order valence-electron chi connectivity index (χ1n) is 7.93. The number of likely N-dealkylation sites (N-methyl/N-ethyl adjacent to an activating group) is 1. The van der Waals surface area contributed by atoms with E-state index in [-0.39, 0.29) is 6.04 Å². The van der Waals surface area contributed by atoms with Gasteiger partial charge >= 0.3 is 0 Å². The van der Waals surface area contributed by atoms with E-state index in [1.165, 1.54) is 10.4 Å². The highest BCUT2D eigenvalue weighted by Crippen LogP contribution is 2.17. The third-order valence-corrected chi connectivity index (χ3v) is 4.91. The topological polar surface area (TPSA) is 70.4 Å². The Labute approximate surface area is 147 Å². The maximum Gasteiger partial charge on any atom is 0.191 e. The quantitative estimate of drug-likeness (QED) is 0.610. The van der Waals surface area contributed by atoms with Crippen molar-refractivity contribution in [3.8, 4) is 0 Å². The SMILES string of the molecule is CN=C(NCc1sc(C)nc1C)NCC(c1cnn(C)c1)N(C)C. The predicted octanol–water partition coefficient (Wildman–Crippen LogP) is 1.46. The molecule has 24 heavy (non-hydrogen) atoms. The number of aryl methyl sites for hydroxylation is 3. The normalized spacial score (nSPS) is 13.4. The second-order valence-electron chi connectivity index (χ2n) is 5.97. The Morgan fingerprint density at radius 1 is 1.38 bits per heavy atom. The number of hydrogen-bond donors (Lipinski definition) is 2. The van der Waals surface area contributed by atoms with E-state index in [2.05, 4.69) is 44.7 Å². The zero-order valence-electron chi connectivity index (χ0n) is 15.3. The Hall–Kier alpha value is -1.93. The van der Waals surface area contributed by atoms with Crippen molar-refractivity contribution in [3.63, 3.8) is 0 Å². The number of nitrogens with one attached hydrogen (secondary N) is 2. The third kappa shape index (κ3) is 4.78. The summed E-state index contributed by atoms with van der Waals surface area (Å²) >= 11 is 1.72. The molecule has 8 heteroatoms. The van der Waals surface area contributed by atoms with Crippen LogP contribution in [-0.2, 0) is 13.6 Å². The lowest BCUT2D eigenvalue weighted by Gasteiger charge is -2.24. The average molecular weight is 350 g/mol. The highest BCUT2D eigenvalue weighted by Gasteiger charge is 2.16. The molecule has 0 spiro atoms. The monoisotopic (exact) mass is 349 g/mol. The molecule has 0 aliphatic heterocycles. The summed E-state index contributed by atoms with van der Waals surface area (Å²) in [6.45, 7) is 5.56. The number of nitrogens with zero attached hydrogens (tertiary/aromatic N) is 5. The molecule has 2 heterocycles. The van der Waals surface area contributed by atoms with Crippen LogP contribution in [0.1, 0.15) is 27.2 Å². The van der Waals surface area contributed by atoms with E-state index in [1.54, 1.807) is 18.4 Å². The molecule has 132 valence electrons. The summed E-state index contributed by atoms with van der Waals surface area (Å²) in [5, 5.41) is 12.1. The molecule has 0 aromatic carbocycles. The predicted molar refractivity (Wildman–Crippen MR) is 99.4 cm³/mol. The number of thiazole rings is 1. The molecule has 2 rings (SSSR count). The Morgan fingerprint density at radius 2 is 2.12 bits per heavy atom. The molecule has 2 aromatic rings. The van der Waals surface area contributed by atoms with E-state index >= 15 is 0 Å². The lowest BCUT2D eigenvalue weighted by Crippen LogP contribution is -2.41. The van der Waals surface area contributed by atoms with Gasteiger partial charge in [-0.1, -0.05) is 0 Å².